The number of nitrogens with zero attached hydrogens (tertiary/aromatic N) is 2. The quantitative estimate of drug-likeness (QED) is 0.337. The molecule has 1 amide bonds. The molecule has 166 valence electrons. The maximum atomic E-state index is 13.6. The number of amides is 1. The predicted octanol–water partition coefficient (Wildman–Crippen LogP) is 6.69. The third-order valence-electron chi connectivity index (χ3n) is 6.11. The highest BCUT2D eigenvalue weighted by Gasteiger charge is 2.33. The Morgan fingerprint density at radius 2 is 1.61 bits per heavy atom. The molecule has 0 saturated carbocycles. The summed E-state index contributed by atoms with van der Waals surface area (Å²) in [4.78, 5) is 15.4. The second-order valence-electron chi connectivity index (χ2n) is 8.22. The van der Waals surface area contributed by atoms with Crippen LogP contribution in [0.5, 0.6) is 0 Å². The number of rotatable bonds is 2. The van der Waals surface area contributed by atoms with Crippen molar-refractivity contribution < 1.29 is 18.0 Å². The summed E-state index contributed by atoms with van der Waals surface area (Å²) < 4.78 is 42.7. The first-order valence-electron chi connectivity index (χ1n) is 10.6. The number of benzene rings is 3. The van der Waals surface area contributed by atoms with Crippen LogP contribution in [0.3, 0.4) is 0 Å². The van der Waals surface area contributed by atoms with Crippen molar-refractivity contribution in [3.8, 4) is 11.1 Å². The standard InChI is InChI=1S/C27H21F3N2O/c1-18-15-19(12-13-22(18)23-9-3-4-10-24(23)27(28,29)30)26(33)32-17-21-8-6-14-31(21)16-20-7-2-5-11-25(20)32/h2-15H,16-17H2,1H3. The van der Waals surface area contributed by atoms with E-state index in [0.717, 1.165) is 23.0 Å². The zero-order valence-corrected chi connectivity index (χ0v) is 17.9. The summed E-state index contributed by atoms with van der Waals surface area (Å²) in [5.41, 5.74) is 3.84. The number of hydrogen-bond donors (Lipinski definition) is 0. The first-order chi connectivity index (χ1) is 15.8. The topological polar surface area (TPSA) is 25.2 Å². The van der Waals surface area contributed by atoms with Crippen LogP contribution < -0.4 is 4.90 Å². The second-order valence-corrected chi connectivity index (χ2v) is 8.22. The Morgan fingerprint density at radius 3 is 2.39 bits per heavy atom. The molecular weight excluding hydrogens is 425 g/mol. The average molecular weight is 446 g/mol. The number of carbonyl (C=O) groups is 1. The maximum absolute atomic E-state index is 13.6. The second kappa shape index (κ2) is 7.96. The molecule has 0 atom stereocenters. The number of para-hydroxylation sites is 1. The van der Waals surface area contributed by atoms with Gasteiger partial charge in [0.25, 0.3) is 5.91 Å². The van der Waals surface area contributed by atoms with Gasteiger partial charge >= 0.3 is 6.18 Å². The van der Waals surface area contributed by atoms with Gasteiger partial charge in [-0.25, -0.2) is 0 Å². The monoisotopic (exact) mass is 446 g/mol. The van der Waals surface area contributed by atoms with Crippen molar-refractivity contribution >= 4 is 11.6 Å². The molecule has 1 aliphatic heterocycles. The zero-order chi connectivity index (χ0) is 23.2. The van der Waals surface area contributed by atoms with Gasteiger partial charge in [-0.1, -0.05) is 42.5 Å². The lowest BCUT2D eigenvalue weighted by molar-refractivity contribution is -0.137. The predicted molar refractivity (Wildman–Crippen MR) is 122 cm³/mol. The van der Waals surface area contributed by atoms with Crippen LogP contribution in [-0.2, 0) is 19.3 Å². The van der Waals surface area contributed by atoms with Crippen molar-refractivity contribution in [2.75, 3.05) is 4.90 Å². The molecule has 0 radical (unpaired) electrons. The summed E-state index contributed by atoms with van der Waals surface area (Å²) in [6, 6.07) is 22.2. The molecule has 3 aromatic carbocycles. The van der Waals surface area contributed by atoms with Crippen LogP contribution in [0.4, 0.5) is 18.9 Å². The largest absolute Gasteiger partial charge is 0.417 e. The number of halogens is 3. The molecule has 0 saturated heterocycles. The molecule has 0 aliphatic carbocycles. The fraction of sp³-hybridized carbons (Fsp3) is 0.148. The third-order valence-corrected chi connectivity index (χ3v) is 6.11. The fourth-order valence-electron chi connectivity index (χ4n) is 4.49. The molecule has 1 aliphatic rings. The summed E-state index contributed by atoms with van der Waals surface area (Å²) in [6.07, 6.45) is -2.46. The Labute approximate surface area is 189 Å². The summed E-state index contributed by atoms with van der Waals surface area (Å²) in [5, 5.41) is 0. The van der Waals surface area contributed by atoms with E-state index >= 15 is 0 Å². The van der Waals surface area contributed by atoms with E-state index in [2.05, 4.69) is 4.57 Å². The van der Waals surface area contributed by atoms with Gasteiger partial charge in [-0.3, -0.25) is 4.79 Å². The Bertz CT molecular complexity index is 1350. The highest BCUT2D eigenvalue weighted by atomic mass is 19.4. The lowest BCUT2D eigenvalue weighted by Gasteiger charge is -2.23. The van der Waals surface area contributed by atoms with Crippen molar-refractivity contribution in [3.05, 3.63) is 113 Å². The molecule has 6 heteroatoms. The number of anilines is 1. The van der Waals surface area contributed by atoms with E-state index in [1.54, 1.807) is 36.1 Å². The van der Waals surface area contributed by atoms with Gasteiger partial charge in [0.1, 0.15) is 0 Å². The highest BCUT2D eigenvalue weighted by molar-refractivity contribution is 6.07. The highest BCUT2D eigenvalue weighted by Crippen LogP contribution is 2.38. The molecule has 0 bridgehead atoms. The minimum Gasteiger partial charge on any atom is -0.345 e. The van der Waals surface area contributed by atoms with E-state index in [1.807, 2.05) is 42.6 Å². The lowest BCUT2D eigenvalue weighted by Crippen LogP contribution is -2.30. The number of hydrogen-bond acceptors (Lipinski definition) is 1. The summed E-state index contributed by atoms with van der Waals surface area (Å²) in [5.74, 6) is -0.184. The maximum Gasteiger partial charge on any atom is 0.417 e. The molecule has 3 nitrogen and oxygen atoms in total. The summed E-state index contributed by atoms with van der Waals surface area (Å²) in [6.45, 7) is 2.83. The van der Waals surface area contributed by atoms with Crippen molar-refractivity contribution in [2.24, 2.45) is 0 Å². The first kappa shape index (κ1) is 21.1. The van der Waals surface area contributed by atoms with Gasteiger partial charge in [0, 0.05) is 29.7 Å². The fourth-order valence-corrected chi connectivity index (χ4v) is 4.49. The minimum absolute atomic E-state index is 0.111. The zero-order valence-electron chi connectivity index (χ0n) is 17.9. The van der Waals surface area contributed by atoms with Gasteiger partial charge in [-0.2, -0.15) is 13.2 Å². The van der Waals surface area contributed by atoms with E-state index in [4.69, 9.17) is 0 Å². The molecule has 0 unspecified atom stereocenters. The van der Waals surface area contributed by atoms with E-state index in [-0.39, 0.29) is 11.5 Å². The number of aryl methyl sites for hydroxylation is 1. The third kappa shape index (κ3) is 3.82. The Morgan fingerprint density at radius 1 is 0.848 bits per heavy atom. The molecule has 4 aromatic rings. The molecule has 2 heterocycles. The normalized spacial score (nSPS) is 13.3. The molecule has 0 fully saturated rings. The Kier molecular flexibility index (Phi) is 5.08. The van der Waals surface area contributed by atoms with Gasteiger partial charge < -0.3 is 9.47 Å². The van der Waals surface area contributed by atoms with Gasteiger partial charge in [0.05, 0.1) is 12.1 Å². The number of fused-ring (bicyclic) bond motifs is 2. The van der Waals surface area contributed by atoms with Crippen LogP contribution in [0.2, 0.25) is 0 Å². The van der Waals surface area contributed by atoms with Crippen LogP contribution in [0.25, 0.3) is 11.1 Å². The van der Waals surface area contributed by atoms with Crippen LogP contribution >= 0.6 is 0 Å². The molecule has 0 spiro atoms. The Balaban J connectivity index is 1.54. The van der Waals surface area contributed by atoms with Crippen molar-refractivity contribution in [2.45, 2.75) is 26.2 Å². The average Bonchev–Trinajstić information content (AvgIpc) is 3.17. The van der Waals surface area contributed by atoms with E-state index < -0.39 is 11.7 Å². The van der Waals surface area contributed by atoms with E-state index in [9.17, 15) is 18.0 Å². The van der Waals surface area contributed by atoms with Crippen molar-refractivity contribution in [1.82, 2.24) is 4.57 Å². The van der Waals surface area contributed by atoms with E-state index in [1.165, 1.54) is 12.1 Å². The Hall–Kier alpha value is -3.80. The van der Waals surface area contributed by atoms with Crippen LogP contribution in [-0.4, -0.2) is 10.5 Å². The number of carbonyl (C=O) groups excluding carboxylic acids is 1. The van der Waals surface area contributed by atoms with Crippen LogP contribution in [0.1, 0.15) is 32.7 Å². The minimum atomic E-state index is -4.46. The van der Waals surface area contributed by atoms with Crippen LogP contribution in [0.15, 0.2) is 85.1 Å². The summed E-state index contributed by atoms with van der Waals surface area (Å²) in [7, 11) is 0. The van der Waals surface area contributed by atoms with Crippen molar-refractivity contribution in [1.29, 1.82) is 0 Å². The first-order valence-corrected chi connectivity index (χ1v) is 10.6. The van der Waals surface area contributed by atoms with Gasteiger partial charge in [-0.05, 0) is 65.6 Å². The molecule has 0 N–H and O–H groups in total. The van der Waals surface area contributed by atoms with Gasteiger partial charge in [0.2, 0.25) is 0 Å². The van der Waals surface area contributed by atoms with E-state index in [0.29, 0.717) is 29.8 Å². The molecule has 33 heavy (non-hydrogen) atoms. The smallest absolute Gasteiger partial charge is 0.345 e. The SMILES string of the molecule is Cc1cc(C(=O)N2Cc3cccn3Cc3ccccc32)ccc1-c1ccccc1C(F)(F)F. The van der Waals surface area contributed by atoms with Gasteiger partial charge in [-0.15, -0.1) is 0 Å². The lowest BCUT2D eigenvalue weighted by atomic mass is 9.94. The van der Waals surface area contributed by atoms with Crippen LogP contribution in [0, 0.1) is 6.92 Å². The molecule has 1 aromatic heterocycles. The van der Waals surface area contributed by atoms with Crippen molar-refractivity contribution in [3.63, 3.8) is 0 Å². The molecular formula is C27H21F3N2O. The number of aromatic nitrogens is 1. The van der Waals surface area contributed by atoms with Gasteiger partial charge in [0.15, 0.2) is 0 Å². The summed E-state index contributed by atoms with van der Waals surface area (Å²) >= 11 is 0. The number of alkyl halides is 3. The molecule has 5 rings (SSSR count).